The Morgan fingerprint density at radius 2 is 2.00 bits per heavy atom. The van der Waals surface area contributed by atoms with Gasteiger partial charge < -0.3 is 15.6 Å². The molecule has 1 fully saturated rings. The van der Waals surface area contributed by atoms with Crippen LogP contribution in [0.5, 0.6) is 0 Å². The second-order valence-corrected chi connectivity index (χ2v) is 4.75. The SMILES string of the molecule is CC(O)CCOCC1CCCCC1CN. The maximum Gasteiger partial charge on any atom is 0.0534 e. The van der Waals surface area contributed by atoms with Crippen molar-refractivity contribution in [3.63, 3.8) is 0 Å². The van der Waals surface area contributed by atoms with Crippen molar-refractivity contribution in [2.24, 2.45) is 17.6 Å². The first-order valence-corrected chi connectivity index (χ1v) is 6.20. The summed E-state index contributed by atoms with van der Waals surface area (Å²) in [5.41, 5.74) is 5.75. The average molecular weight is 215 g/mol. The quantitative estimate of drug-likeness (QED) is 0.661. The summed E-state index contributed by atoms with van der Waals surface area (Å²) in [7, 11) is 0. The molecule has 0 bridgehead atoms. The lowest BCUT2D eigenvalue weighted by atomic mass is 9.80. The van der Waals surface area contributed by atoms with Gasteiger partial charge in [-0.25, -0.2) is 0 Å². The highest BCUT2D eigenvalue weighted by Crippen LogP contribution is 2.29. The monoisotopic (exact) mass is 215 g/mol. The number of aliphatic hydroxyl groups excluding tert-OH is 1. The van der Waals surface area contributed by atoms with Gasteiger partial charge in [-0.2, -0.15) is 0 Å². The van der Waals surface area contributed by atoms with E-state index in [0.717, 1.165) is 19.6 Å². The van der Waals surface area contributed by atoms with Gasteiger partial charge >= 0.3 is 0 Å². The van der Waals surface area contributed by atoms with Gasteiger partial charge in [-0.1, -0.05) is 12.8 Å². The van der Waals surface area contributed by atoms with Gasteiger partial charge in [-0.3, -0.25) is 0 Å². The maximum atomic E-state index is 9.09. The van der Waals surface area contributed by atoms with E-state index in [9.17, 15) is 0 Å². The van der Waals surface area contributed by atoms with Gasteiger partial charge in [0.25, 0.3) is 0 Å². The molecule has 15 heavy (non-hydrogen) atoms. The van der Waals surface area contributed by atoms with E-state index in [1.54, 1.807) is 6.92 Å². The summed E-state index contributed by atoms with van der Waals surface area (Å²) in [6.07, 6.45) is 5.66. The summed E-state index contributed by atoms with van der Waals surface area (Å²) in [5.74, 6) is 1.31. The molecule has 0 heterocycles. The third-order valence-electron chi connectivity index (χ3n) is 3.38. The van der Waals surface area contributed by atoms with E-state index >= 15 is 0 Å². The van der Waals surface area contributed by atoms with Gasteiger partial charge in [0.15, 0.2) is 0 Å². The molecule has 0 amide bonds. The first kappa shape index (κ1) is 12.9. The predicted octanol–water partition coefficient (Wildman–Crippen LogP) is 1.54. The number of ether oxygens (including phenoxy) is 1. The van der Waals surface area contributed by atoms with Crippen LogP contribution in [-0.2, 0) is 4.74 Å². The van der Waals surface area contributed by atoms with E-state index in [1.165, 1.54) is 25.7 Å². The van der Waals surface area contributed by atoms with Crippen molar-refractivity contribution in [2.45, 2.75) is 45.1 Å². The lowest BCUT2D eigenvalue weighted by Gasteiger charge is -2.30. The summed E-state index contributed by atoms with van der Waals surface area (Å²) in [6.45, 7) is 4.09. The minimum Gasteiger partial charge on any atom is -0.393 e. The van der Waals surface area contributed by atoms with Crippen molar-refractivity contribution >= 4 is 0 Å². The lowest BCUT2D eigenvalue weighted by molar-refractivity contribution is 0.0421. The third kappa shape index (κ3) is 4.96. The maximum absolute atomic E-state index is 9.09. The smallest absolute Gasteiger partial charge is 0.0534 e. The molecule has 0 aromatic carbocycles. The average Bonchev–Trinajstić information content (AvgIpc) is 2.24. The zero-order valence-corrected chi connectivity index (χ0v) is 9.82. The largest absolute Gasteiger partial charge is 0.393 e. The summed E-state index contributed by atoms with van der Waals surface area (Å²) < 4.78 is 5.60. The molecular formula is C12H25NO2. The fraction of sp³-hybridized carbons (Fsp3) is 1.00. The zero-order chi connectivity index (χ0) is 11.1. The number of nitrogens with two attached hydrogens (primary N) is 1. The molecule has 90 valence electrons. The molecule has 3 N–H and O–H groups in total. The highest BCUT2D eigenvalue weighted by atomic mass is 16.5. The van der Waals surface area contributed by atoms with Gasteiger partial charge in [-0.05, 0) is 44.6 Å². The van der Waals surface area contributed by atoms with Crippen molar-refractivity contribution in [3.05, 3.63) is 0 Å². The third-order valence-corrected chi connectivity index (χ3v) is 3.38. The van der Waals surface area contributed by atoms with Gasteiger partial charge in [0.2, 0.25) is 0 Å². The van der Waals surface area contributed by atoms with Crippen molar-refractivity contribution in [2.75, 3.05) is 19.8 Å². The van der Waals surface area contributed by atoms with Crippen LogP contribution in [0, 0.1) is 11.8 Å². The number of hydrogen-bond acceptors (Lipinski definition) is 3. The van der Waals surface area contributed by atoms with Gasteiger partial charge in [-0.15, -0.1) is 0 Å². The Morgan fingerprint density at radius 3 is 2.60 bits per heavy atom. The van der Waals surface area contributed by atoms with Crippen molar-refractivity contribution in [1.29, 1.82) is 0 Å². The molecular weight excluding hydrogens is 190 g/mol. The molecule has 0 aliphatic heterocycles. The van der Waals surface area contributed by atoms with Crippen LogP contribution >= 0.6 is 0 Å². The van der Waals surface area contributed by atoms with E-state index in [1.807, 2.05) is 0 Å². The first-order valence-electron chi connectivity index (χ1n) is 6.20. The number of rotatable bonds is 6. The number of aliphatic hydroxyl groups is 1. The molecule has 0 aromatic rings. The molecule has 3 unspecified atom stereocenters. The molecule has 3 heteroatoms. The summed E-state index contributed by atoms with van der Waals surface area (Å²) in [4.78, 5) is 0. The van der Waals surface area contributed by atoms with Gasteiger partial charge in [0.05, 0.1) is 6.10 Å². The van der Waals surface area contributed by atoms with Gasteiger partial charge in [0.1, 0.15) is 0 Å². The highest BCUT2D eigenvalue weighted by molar-refractivity contribution is 4.75. The topological polar surface area (TPSA) is 55.5 Å². The van der Waals surface area contributed by atoms with Crippen LogP contribution in [-0.4, -0.2) is 31.0 Å². The Balaban J connectivity index is 2.12. The number of hydrogen-bond donors (Lipinski definition) is 2. The molecule has 0 aromatic heterocycles. The van der Waals surface area contributed by atoms with Crippen LogP contribution in [0.2, 0.25) is 0 Å². The zero-order valence-electron chi connectivity index (χ0n) is 9.82. The second-order valence-electron chi connectivity index (χ2n) is 4.75. The lowest BCUT2D eigenvalue weighted by Crippen LogP contribution is -2.30. The summed E-state index contributed by atoms with van der Waals surface area (Å²) in [6, 6.07) is 0. The molecule has 0 radical (unpaired) electrons. The Kier molecular flexibility index (Phi) is 6.22. The van der Waals surface area contributed by atoms with Crippen molar-refractivity contribution in [1.82, 2.24) is 0 Å². The molecule has 0 spiro atoms. The summed E-state index contributed by atoms with van der Waals surface area (Å²) >= 11 is 0. The fourth-order valence-corrected chi connectivity index (χ4v) is 2.30. The molecule has 0 saturated heterocycles. The van der Waals surface area contributed by atoms with E-state index in [2.05, 4.69) is 0 Å². The van der Waals surface area contributed by atoms with Crippen LogP contribution in [0.1, 0.15) is 39.0 Å². The van der Waals surface area contributed by atoms with E-state index in [0.29, 0.717) is 18.4 Å². The van der Waals surface area contributed by atoms with Gasteiger partial charge in [0, 0.05) is 13.2 Å². The Morgan fingerprint density at radius 1 is 1.33 bits per heavy atom. The van der Waals surface area contributed by atoms with E-state index < -0.39 is 0 Å². The van der Waals surface area contributed by atoms with Crippen LogP contribution in [0.25, 0.3) is 0 Å². The second kappa shape index (κ2) is 7.20. The minimum atomic E-state index is -0.248. The van der Waals surface area contributed by atoms with E-state index in [-0.39, 0.29) is 6.10 Å². The Bertz CT molecular complexity index is 162. The summed E-state index contributed by atoms with van der Waals surface area (Å²) in [5, 5.41) is 9.09. The molecule has 3 atom stereocenters. The normalized spacial score (nSPS) is 29.0. The minimum absolute atomic E-state index is 0.248. The van der Waals surface area contributed by atoms with Crippen LogP contribution in [0.15, 0.2) is 0 Å². The Hall–Kier alpha value is -0.120. The molecule has 1 rings (SSSR count). The highest BCUT2D eigenvalue weighted by Gasteiger charge is 2.23. The first-order chi connectivity index (χ1) is 7.24. The van der Waals surface area contributed by atoms with Crippen molar-refractivity contribution in [3.8, 4) is 0 Å². The molecule has 1 saturated carbocycles. The van der Waals surface area contributed by atoms with Crippen molar-refractivity contribution < 1.29 is 9.84 Å². The predicted molar refractivity (Wildman–Crippen MR) is 61.6 cm³/mol. The Labute approximate surface area is 93.0 Å². The molecule has 1 aliphatic rings. The molecule has 3 nitrogen and oxygen atoms in total. The standard InChI is InChI=1S/C12H25NO2/c1-10(14)6-7-15-9-12-5-3-2-4-11(12)8-13/h10-12,14H,2-9,13H2,1H3. The van der Waals surface area contributed by atoms with Crippen LogP contribution < -0.4 is 5.73 Å². The van der Waals surface area contributed by atoms with Crippen LogP contribution in [0.3, 0.4) is 0 Å². The molecule has 1 aliphatic carbocycles. The fourth-order valence-electron chi connectivity index (χ4n) is 2.30. The van der Waals surface area contributed by atoms with Crippen LogP contribution in [0.4, 0.5) is 0 Å². The van der Waals surface area contributed by atoms with E-state index in [4.69, 9.17) is 15.6 Å².